The maximum Gasteiger partial charge on any atom is 0.0991 e. The van der Waals surface area contributed by atoms with Crippen LogP contribution in [-0.2, 0) is 0 Å². The molecule has 0 radical (unpaired) electrons. The van der Waals surface area contributed by atoms with E-state index in [0.717, 1.165) is 18.4 Å². The number of hydrogen-bond acceptors (Lipinski definition) is 2. The van der Waals surface area contributed by atoms with Gasteiger partial charge in [-0.3, -0.25) is 0 Å². The number of aliphatic hydroxyl groups is 1. The predicted octanol–water partition coefficient (Wildman–Crippen LogP) is 3.56. The number of rotatable bonds is 2. The standard InChI is InChI=1S/C15H19NO/c16-11-12-7-9-14(10-8-12)15(17)13-5-3-1-2-4-6-13/h7-10,13,15,17H,1-6H2. The van der Waals surface area contributed by atoms with E-state index >= 15 is 0 Å². The Labute approximate surface area is 103 Å². The van der Waals surface area contributed by atoms with Crippen LogP contribution < -0.4 is 0 Å². The van der Waals surface area contributed by atoms with E-state index < -0.39 is 0 Å². The van der Waals surface area contributed by atoms with Gasteiger partial charge in [-0.2, -0.15) is 5.26 Å². The number of hydrogen-bond donors (Lipinski definition) is 1. The summed E-state index contributed by atoms with van der Waals surface area (Å²) in [5, 5.41) is 19.1. The lowest BCUT2D eigenvalue weighted by molar-refractivity contribution is 0.0988. The molecule has 1 saturated carbocycles. The zero-order chi connectivity index (χ0) is 12.1. The summed E-state index contributed by atoms with van der Waals surface area (Å²) in [6.45, 7) is 0. The van der Waals surface area contributed by atoms with E-state index in [1.54, 1.807) is 12.1 Å². The fourth-order valence-electron chi connectivity index (χ4n) is 2.65. The van der Waals surface area contributed by atoms with Crippen LogP contribution in [0.4, 0.5) is 0 Å². The Morgan fingerprint density at radius 3 is 2.18 bits per heavy atom. The van der Waals surface area contributed by atoms with Gasteiger partial charge in [0.1, 0.15) is 0 Å². The normalized spacial score (nSPS) is 19.3. The molecule has 0 aliphatic heterocycles. The summed E-state index contributed by atoms with van der Waals surface area (Å²) < 4.78 is 0. The highest BCUT2D eigenvalue weighted by Gasteiger charge is 2.21. The Kier molecular flexibility index (Phi) is 4.17. The van der Waals surface area contributed by atoms with E-state index in [2.05, 4.69) is 6.07 Å². The number of benzene rings is 1. The highest BCUT2D eigenvalue weighted by molar-refractivity contribution is 5.32. The second kappa shape index (κ2) is 5.84. The topological polar surface area (TPSA) is 44.0 Å². The Hall–Kier alpha value is -1.33. The van der Waals surface area contributed by atoms with Crippen LogP contribution in [0.3, 0.4) is 0 Å². The van der Waals surface area contributed by atoms with Crippen molar-refractivity contribution in [3.05, 3.63) is 35.4 Å². The summed E-state index contributed by atoms with van der Waals surface area (Å²) in [6, 6.07) is 9.44. The molecule has 1 aromatic rings. The summed E-state index contributed by atoms with van der Waals surface area (Å²) in [6.07, 6.45) is 6.96. The first-order valence-electron chi connectivity index (χ1n) is 6.49. The highest BCUT2D eigenvalue weighted by Crippen LogP contribution is 2.33. The molecule has 2 heteroatoms. The van der Waals surface area contributed by atoms with Crippen LogP contribution in [0.25, 0.3) is 0 Å². The molecule has 90 valence electrons. The molecule has 0 saturated heterocycles. The van der Waals surface area contributed by atoms with Crippen LogP contribution in [0.15, 0.2) is 24.3 Å². The van der Waals surface area contributed by atoms with E-state index in [1.165, 1.54) is 25.7 Å². The van der Waals surface area contributed by atoms with Crippen LogP contribution in [0.5, 0.6) is 0 Å². The van der Waals surface area contributed by atoms with Gasteiger partial charge >= 0.3 is 0 Å². The quantitative estimate of drug-likeness (QED) is 0.788. The molecule has 0 spiro atoms. The molecule has 1 N–H and O–H groups in total. The van der Waals surface area contributed by atoms with Gasteiger partial charge in [-0.15, -0.1) is 0 Å². The van der Waals surface area contributed by atoms with E-state index in [0.29, 0.717) is 11.5 Å². The summed E-state index contributed by atoms with van der Waals surface area (Å²) in [7, 11) is 0. The molecule has 1 atom stereocenters. The smallest absolute Gasteiger partial charge is 0.0991 e. The van der Waals surface area contributed by atoms with Crippen molar-refractivity contribution in [3.8, 4) is 6.07 Å². The molecule has 2 nitrogen and oxygen atoms in total. The number of nitriles is 1. The summed E-state index contributed by atoms with van der Waals surface area (Å²) in [5.74, 6) is 0.394. The van der Waals surface area contributed by atoms with Gasteiger partial charge in [0.25, 0.3) is 0 Å². The molecule has 1 aliphatic carbocycles. The first-order chi connectivity index (χ1) is 8.31. The Morgan fingerprint density at radius 2 is 1.65 bits per heavy atom. The third kappa shape index (κ3) is 3.08. The fourth-order valence-corrected chi connectivity index (χ4v) is 2.65. The van der Waals surface area contributed by atoms with Gasteiger partial charge in [0, 0.05) is 0 Å². The van der Waals surface area contributed by atoms with Crippen molar-refractivity contribution in [2.45, 2.75) is 44.6 Å². The zero-order valence-corrected chi connectivity index (χ0v) is 10.1. The molecule has 0 amide bonds. The fraction of sp³-hybridized carbons (Fsp3) is 0.533. The maximum atomic E-state index is 10.4. The maximum absolute atomic E-state index is 10.4. The molecular weight excluding hydrogens is 210 g/mol. The van der Waals surface area contributed by atoms with Gasteiger partial charge in [0.15, 0.2) is 0 Å². The van der Waals surface area contributed by atoms with Gasteiger partial charge in [0.2, 0.25) is 0 Å². The third-order valence-corrected chi connectivity index (χ3v) is 3.73. The van der Waals surface area contributed by atoms with Crippen molar-refractivity contribution >= 4 is 0 Å². The highest BCUT2D eigenvalue weighted by atomic mass is 16.3. The van der Waals surface area contributed by atoms with Crippen LogP contribution in [0.2, 0.25) is 0 Å². The van der Waals surface area contributed by atoms with Crippen molar-refractivity contribution in [1.29, 1.82) is 5.26 Å². The van der Waals surface area contributed by atoms with Crippen LogP contribution in [0, 0.1) is 17.2 Å². The number of aliphatic hydroxyl groups excluding tert-OH is 1. The second-order valence-electron chi connectivity index (χ2n) is 4.93. The lowest BCUT2D eigenvalue weighted by Gasteiger charge is -2.21. The van der Waals surface area contributed by atoms with Crippen molar-refractivity contribution < 1.29 is 5.11 Å². The molecule has 0 bridgehead atoms. The molecule has 1 aromatic carbocycles. The van der Waals surface area contributed by atoms with Crippen LogP contribution >= 0.6 is 0 Å². The monoisotopic (exact) mass is 229 g/mol. The van der Waals surface area contributed by atoms with E-state index in [4.69, 9.17) is 5.26 Å². The molecule has 0 aromatic heterocycles. The average Bonchev–Trinajstić information content (AvgIpc) is 2.67. The predicted molar refractivity (Wildman–Crippen MR) is 67.3 cm³/mol. The lowest BCUT2D eigenvalue weighted by Crippen LogP contribution is -2.11. The summed E-state index contributed by atoms with van der Waals surface area (Å²) >= 11 is 0. The van der Waals surface area contributed by atoms with Crippen molar-refractivity contribution in [2.75, 3.05) is 0 Å². The summed E-state index contributed by atoms with van der Waals surface area (Å²) in [5.41, 5.74) is 1.61. The summed E-state index contributed by atoms with van der Waals surface area (Å²) in [4.78, 5) is 0. The van der Waals surface area contributed by atoms with Crippen LogP contribution in [-0.4, -0.2) is 5.11 Å². The van der Waals surface area contributed by atoms with E-state index in [1.807, 2.05) is 12.1 Å². The first-order valence-corrected chi connectivity index (χ1v) is 6.49. The SMILES string of the molecule is N#Cc1ccc(C(O)C2CCCCCC2)cc1. The minimum absolute atomic E-state index is 0.360. The molecule has 1 fully saturated rings. The van der Waals surface area contributed by atoms with Gasteiger partial charge in [-0.1, -0.05) is 37.8 Å². The minimum Gasteiger partial charge on any atom is -0.388 e. The van der Waals surface area contributed by atoms with E-state index in [9.17, 15) is 5.11 Å². The average molecular weight is 229 g/mol. The largest absolute Gasteiger partial charge is 0.388 e. The van der Waals surface area contributed by atoms with Gasteiger partial charge < -0.3 is 5.11 Å². The van der Waals surface area contributed by atoms with Gasteiger partial charge in [-0.05, 0) is 36.5 Å². The molecule has 1 aliphatic rings. The van der Waals surface area contributed by atoms with Crippen LogP contribution in [0.1, 0.15) is 55.8 Å². The number of nitrogens with zero attached hydrogens (tertiary/aromatic N) is 1. The van der Waals surface area contributed by atoms with Gasteiger partial charge in [-0.25, -0.2) is 0 Å². The first kappa shape index (κ1) is 12.1. The van der Waals surface area contributed by atoms with Crippen molar-refractivity contribution in [3.63, 3.8) is 0 Å². The molecular formula is C15H19NO. The Balaban J connectivity index is 2.06. The molecule has 1 unspecified atom stereocenters. The Bertz CT molecular complexity index is 382. The molecule has 0 heterocycles. The second-order valence-corrected chi connectivity index (χ2v) is 4.93. The lowest BCUT2D eigenvalue weighted by atomic mass is 9.89. The van der Waals surface area contributed by atoms with E-state index in [-0.39, 0.29) is 6.10 Å². The Morgan fingerprint density at radius 1 is 1.06 bits per heavy atom. The zero-order valence-electron chi connectivity index (χ0n) is 10.1. The van der Waals surface area contributed by atoms with Crippen molar-refractivity contribution in [2.24, 2.45) is 5.92 Å². The van der Waals surface area contributed by atoms with Crippen molar-refractivity contribution in [1.82, 2.24) is 0 Å². The minimum atomic E-state index is -0.360. The van der Waals surface area contributed by atoms with Gasteiger partial charge in [0.05, 0.1) is 17.7 Å². The molecule has 2 rings (SSSR count). The third-order valence-electron chi connectivity index (χ3n) is 3.73. The molecule has 17 heavy (non-hydrogen) atoms.